The summed E-state index contributed by atoms with van der Waals surface area (Å²) in [5.74, 6) is 0.0334. The smallest absolute Gasteiger partial charge is 0.165 e. The van der Waals surface area contributed by atoms with Crippen molar-refractivity contribution in [1.82, 2.24) is 0 Å². The Kier molecular flexibility index (Phi) is 3.75. The molecule has 0 atom stereocenters. The summed E-state index contributed by atoms with van der Waals surface area (Å²) in [6.07, 6.45) is 0.450. The van der Waals surface area contributed by atoms with E-state index in [0.717, 1.165) is 0 Å². The molecular formula is C9H9BrClNO. The van der Waals surface area contributed by atoms with Crippen molar-refractivity contribution in [3.8, 4) is 0 Å². The van der Waals surface area contributed by atoms with E-state index >= 15 is 0 Å². The van der Waals surface area contributed by atoms with Gasteiger partial charge < -0.3 is 5.73 Å². The lowest BCUT2D eigenvalue weighted by molar-refractivity contribution is 0.0991. The maximum Gasteiger partial charge on any atom is 0.165 e. The number of benzene rings is 1. The summed E-state index contributed by atoms with van der Waals surface area (Å²) in [6, 6.07) is 4.91. The number of Topliss-reactive ketones (excluding diaryl/α,β-unsaturated/α-hetero) is 1. The Labute approximate surface area is 90.2 Å². The van der Waals surface area contributed by atoms with E-state index < -0.39 is 0 Å². The van der Waals surface area contributed by atoms with Crippen LogP contribution < -0.4 is 5.73 Å². The predicted octanol–water partition coefficient (Wildman–Crippen LogP) is 2.89. The third-order valence-corrected chi connectivity index (χ3v) is 2.27. The van der Waals surface area contributed by atoms with Gasteiger partial charge in [-0.15, -0.1) is 0 Å². The van der Waals surface area contributed by atoms with Crippen LogP contribution in [0.25, 0.3) is 0 Å². The fourth-order valence-corrected chi connectivity index (χ4v) is 1.55. The number of alkyl halides is 1. The van der Waals surface area contributed by atoms with Gasteiger partial charge in [0.15, 0.2) is 5.78 Å². The molecular weight excluding hydrogens is 253 g/mol. The van der Waals surface area contributed by atoms with Gasteiger partial charge in [0.25, 0.3) is 0 Å². The molecule has 1 aromatic carbocycles. The molecule has 0 aliphatic carbocycles. The molecule has 0 bridgehead atoms. The zero-order valence-corrected chi connectivity index (χ0v) is 9.23. The van der Waals surface area contributed by atoms with Crippen LogP contribution in [0.3, 0.4) is 0 Å². The molecule has 70 valence electrons. The molecule has 0 aromatic heterocycles. The van der Waals surface area contributed by atoms with E-state index in [1.165, 1.54) is 0 Å². The highest BCUT2D eigenvalue weighted by molar-refractivity contribution is 9.09. The van der Waals surface area contributed by atoms with E-state index in [9.17, 15) is 4.79 Å². The van der Waals surface area contributed by atoms with E-state index in [1.54, 1.807) is 18.2 Å². The van der Waals surface area contributed by atoms with Crippen molar-refractivity contribution in [3.05, 3.63) is 28.8 Å². The van der Waals surface area contributed by atoms with Crippen molar-refractivity contribution in [1.29, 1.82) is 0 Å². The van der Waals surface area contributed by atoms with Crippen LogP contribution in [-0.2, 0) is 0 Å². The molecule has 2 N–H and O–H groups in total. The fourth-order valence-electron chi connectivity index (χ4n) is 1.01. The zero-order chi connectivity index (χ0) is 9.84. The molecule has 0 fully saturated rings. The Morgan fingerprint density at radius 2 is 2.23 bits per heavy atom. The van der Waals surface area contributed by atoms with E-state index in [0.29, 0.717) is 28.0 Å². The number of hydrogen-bond acceptors (Lipinski definition) is 2. The van der Waals surface area contributed by atoms with Crippen molar-refractivity contribution in [3.63, 3.8) is 0 Å². The standard InChI is InChI=1S/C9H9BrClNO/c10-4-3-9(13)7-2-1-6(11)5-8(7)12/h1-2,5H,3-4,12H2. The number of hydrogen-bond donors (Lipinski definition) is 1. The SMILES string of the molecule is Nc1cc(Cl)ccc1C(=O)CCBr. The van der Waals surface area contributed by atoms with Crippen LogP contribution in [0.2, 0.25) is 5.02 Å². The lowest BCUT2D eigenvalue weighted by Gasteiger charge is -2.03. The first-order valence-corrected chi connectivity index (χ1v) is 5.29. The molecule has 4 heteroatoms. The average Bonchev–Trinajstić information content (AvgIpc) is 2.04. The molecule has 0 aliphatic heterocycles. The Bertz CT molecular complexity index is 327. The quantitative estimate of drug-likeness (QED) is 0.517. The molecule has 0 heterocycles. The summed E-state index contributed by atoms with van der Waals surface area (Å²) < 4.78 is 0. The van der Waals surface area contributed by atoms with Gasteiger partial charge in [-0.25, -0.2) is 0 Å². The number of carbonyl (C=O) groups excluding carboxylic acids is 1. The molecule has 13 heavy (non-hydrogen) atoms. The van der Waals surface area contributed by atoms with Gasteiger partial charge in [0.1, 0.15) is 0 Å². The minimum Gasteiger partial charge on any atom is -0.398 e. The van der Waals surface area contributed by atoms with E-state index in [-0.39, 0.29) is 5.78 Å². The summed E-state index contributed by atoms with van der Waals surface area (Å²) in [6.45, 7) is 0. The lowest BCUT2D eigenvalue weighted by Crippen LogP contribution is -2.03. The van der Waals surface area contributed by atoms with Crippen LogP contribution >= 0.6 is 27.5 Å². The minimum absolute atomic E-state index is 0.0334. The lowest BCUT2D eigenvalue weighted by atomic mass is 10.1. The number of ketones is 1. The summed E-state index contributed by atoms with van der Waals surface area (Å²) in [4.78, 5) is 11.4. The van der Waals surface area contributed by atoms with Crippen molar-refractivity contribution in [2.24, 2.45) is 0 Å². The van der Waals surface area contributed by atoms with Gasteiger partial charge in [-0.05, 0) is 18.2 Å². The van der Waals surface area contributed by atoms with Crippen molar-refractivity contribution in [2.45, 2.75) is 6.42 Å². The van der Waals surface area contributed by atoms with Gasteiger partial charge in [-0.2, -0.15) is 0 Å². The van der Waals surface area contributed by atoms with Gasteiger partial charge in [0.2, 0.25) is 0 Å². The Hall–Kier alpha value is -0.540. The van der Waals surface area contributed by atoms with Crippen LogP contribution in [0, 0.1) is 0 Å². The van der Waals surface area contributed by atoms with Gasteiger partial charge in [0.05, 0.1) is 0 Å². The first kappa shape index (κ1) is 10.5. The second-order valence-corrected chi connectivity index (χ2v) is 3.82. The molecule has 0 unspecified atom stereocenters. The molecule has 2 nitrogen and oxygen atoms in total. The second kappa shape index (κ2) is 4.63. The molecule has 0 radical (unpaired) electrons. The maximum absolute atomic E-state index is 11.4. The van der Waals surface area contributed by atoms with E-state index in [4.69, 9.17) is 17.3 Å². The number of carbonyl (C=O) groups is 1. The number of nitrogen functional groups attached to an aromatic ring is 1. The van der Waals surface area contributed by atoms with E-state index in [2.05, 4.69) is 15.9 Å². The molecule has 1 aromatic rings. The molecule has 0 spiro atoms. The van der Waals surface area contributed by atoms with Crippen LogP contribution in [0.1, 0.15) is 16.8 Å². The first-order valence-electron chi connectivity index (χ1n) is 3.79. The highest BCUT2D eigenvalue weighted by Crippen LogP contribution is 2.19. The van der Waals surface area contributed by atoms with Crippen LogP contribution in [-0.4, -0.2) is 11.1 Å². The van der Waals surface area contributed by atoms with Crippen LogP contribution in [0.4, 0.5) is 5.69 Å². The van der Waals surface area contributed by atoms with Gasteiger partial charge in [0, 0.05) is 28.0 Å². The molecule has 1 rings (SSSR count). The van der Waals surface area contributed by atoms with Gasteiger partial charge in [-0.3, -0.25) is 4.79 Å². The average molecular weight is 263 g/mol. The Balaban J connectivity index is 2.95. The number of halogens is 2. The summed E-state index contributed by atoms with van der Waals surface area (Å²) in [5, 5.41) is 1.20. The first-order chi connectivity index (χ1) is 6.15. The monoisotopic (exact) mass is 261 g/mol. The van der Waals surface area contributed by atoms with Crippen LogP contribution in [0.5, 0.6) is 0 Å². The van der Waals surface area contributed by atoms with Crippen LogP contribution in [0.15, 0.2) is 18.2 Å². The van der Waals surface area contributed by atoms with E-state index in [1.807, 2.05) is 0 Å². The van der Waals surface area contributed by atoms with Crippen molar-refractivity contribution < 1.29 is 4.79 Å². The summed E-state index contributed by atoms with van der Waals surface area (Å²) in [5.41, 5.74) is 6.62. The Morgan fingerprint density at radius 3 is 2.77 bits per heavy atom. The molecule has 0 saturated carbocycles. The Morgan fingerprint density at radius 1 is 1.54 bits per heavy atom. The minimum atomic E-state index is 0.0334. The van der Waals surface area contributed by atoms with Gasteiger partial charge >= 0.3 is 0 Å². The molecule has 0 amide bonds. The predicted molar refractivity (Wildman–Crippen MR) is 58.6 cm³/mol. The number of rotatable bonds is 3. The highest BCUT2D eigenvalue weighted by Gasteiger charge is 2.08. The number of anilines is 1. The second-order valence-electron chi connectivity index (χ2n) is 2.59. The largest absolute Gasteiger partial charge is 0.398 e. The summed E-state index contributed by atoms with van der Waals surface area (Å²) >= 11 is 8.90. The fraction of sp³-hybridized carbons (Fsp3) is 0.222. The third kappa shape index (κ3) is 2.71. The van der Waals surface area contributed by atoms with Gasteiger partial charge in [-0.1, -0.05) is 27.5 Å². The molecule has 0 aliphatic rings. The summed E-state index contributed by atoms with van der Waals surface area (Å²) in [7, 11) is 0. The normalized spacial score (nSPS) is 10.0. The highest BCUT2D eigenvalue weighted by atomic mass is 79.9. The third-order valence-electron chi connectivity index (χ3n) is 1.64. The van der Waals surface area contributed by atoms with Crippen molar-refractivity contribution >= 4 is 39.0 Å². The topological polar surface area (TPSA) is 43.1 Å². The maximum atomic E-state index is 11.4. The zero-order valence-electron chi connectivity index (χ0n) is 6.89. The molecule has 0 saturated heterocycles. The van der Waals surface area contributed by atoms with Crippen molar-refractivity contribution in [2.75, 3.05) is 11.1 Å². The number of nitrogens with two attached hydrogens (primary N) is 1.